The van der Waals surface area contributed by atoms with Crippen LogP contribution < -0.4 is 10.5 Å². The first kappa shape index (κ1) is 23.7. The van der Waals surface area contributed by atoms with E-state index in [9.17, 15) is 13.6 Å². The number of rotatable bonds is 6. The van der Waals surface area contributed by atoms with E-state index in [0.29, 0.717) is 29.9 Å². The Bertz CT molecular complexity index is 1510. The van der Waals surface area contributed by atoms with Gasteiger partial charge in [0, 0.05) is 29.3 Å². The first-order valence-corrected chi connectivity index (χ1v) is 12.6. The fraction of sp³-hybridized carbons (Fsp3) is 0.345. The first-order chi connectivity index (χ1) is 17.7. The average Bonchev–Trinajstić information content (AvgIpc) is 3.42. The van der Waals surface area contributed by atoms with Gasteiger partial charge in [0.25, 0.3) is 0 Å². The molecule has 2 aromatic heterocycles. The minimum atomic E-state index is -2.99. The molecule has 1 saturated carbocycles. The Balaban J connectivity index is 1.42. The lowest BCUT2D eigenvalue weighted by Crippen LogP contribution is -2.48. The second-order valence-electron chi connectivity index (χ2n) is 10.4. The number of halogens is 2. The van der Waals surface area contributed by atoms with E-state index in [0.717, 1.165) is 46.5 Å². The predicted octanol–water partition coefficient (Wildman–Crippen LogP) is 6.02. The molecule has 1 unspecified atom stereocenters. The molecule has 0 bridgehead atoms. The predicted molar refractivity (Wildman–Crippen MR) is 137 cm³/mol. The molecule has 8 heteroatoms. The Hall–Kier alpha value is -3.65. The normalized spacial score (nSPS) is 22.8. The van der Waals surface area contributed by atoms with Gasteiger partial charge in [0.15, 0.2) is 5.78 Å². The van der Waals surface area contributed by atoms with Gasteiger partial charge in [-0.15, -0.1) is 0 Å². The number of benzene rings is 2. The molecule has 1 aliphatic carbocycles. The van der Waals surface area contributed by atoms with E-state index >= 15 is 0 Å². The van der Waals surface area contributed by atoms with Gasteiger partial charge >= 0.3 is 6.61 Å². The zero-order valence-electron chi connectivity index (χ0n) is 20.7. The molecule has 2 aliphatic rings. The second kappa shape index (κ2) is 8.73. The van der Waals surface area contributed by atoms with Crippen molar-refractivity contribution in [2.75, 3.05) is 0 Å². The first-order valence-electron chi connectivity index (χ1n) is 12.6. The highest BCUT2D eigenvalue weighted by Gasteiger charge is 2.41. The molecule has 0 radical (unpaired) electrons. The van der Waals surface area contributed by atoms with Crippen LogP contribution in [0.2, 0.25) is 0 Å². The zero-order chi connectivity index (χ0) is 25.9. The van der Waals surface area contributed by atoms with Gasteiger partial charge < -0.3 is 15.0 Å². The summed E-state index contributed by atoms with van der Waals surface area (Å²) in [6.45, 7) is 0.653. The summed E-state index contributed by atoms with van der Waals surface area (Å²) in [5, 5.41) is 0. The van der Waals surface area contributed by atoms with Gasteiger partial charge in [-0.1, -0.05) is 31.2 Å². The standard InChI is InChI=1S/C29H28F2N4O2/c1-16-13-29(32,14-16)25-10-7-19(15-33-25)18-6-8-21-23(12-18)35-22(9-11-26(35)34-21)27-20(17(2)36)4-3-5-24(27)37-28(30)31/h3-8,10,12,15-16,22,28H,9,11,13-14,32H2,1-2H3/t16-,22?,29-. The molecule has 1 aliphatic heterocycles. The Morgan fingerprint density at radius 1 is 1.16 bits per heavy atom. The van der Waals surface area contributed by atoms with Crippen LogP contribution in [-0.2, 0) is 12.0 Å². The average molecular weight is 503 g/mol. The molecule has 37 heavy (non-hydrogen) atoms. The third-order valence-electron chi connectivity index (χ3n) is 7.74. The van der Waals surface area contributed by atoms with Crippen molar-refractivity contribution in [2.45, 2.75) is 57.7 Å². The van der Waals surface area contributed by atoms with Crippen LogP contribution in [0, 0.1) is 5.92 Å². The number of aromatic nitrogens is 3. The molecule has 1 atom stereocenters. The maximum Gasteiger partial charge on any atom is 0.387 e. The van der Waals surface area contributed by atoms with Crippen molar-refractivity contribution in [1.29, 1.82) is 0 Å². The molecule has 0 spiro atoms. The van der Waals surface area contributed by atoms with Crippen LogP contribution in [0.15, 0.2) is 54.7 Å². The van der Waals surface area contributed by atoms with Crippen LogP contribution in [0.1, 0.15) is 66.6 Å². The van der Waals surface area contributed by atoms with E-state index in [2.05, 4.69) is 22.5 Å². The minimum Gasteiger partial charge on any atom is -0.434 e. The number of carbonyl (C=O) groups is 1. The quantitative estimate of drug-likeness (QED) is 0.326. The van der Waals surface area contributed by atoms with Crippen LogP contribution in [0.3, 0.4) is 0 Å². The zero-order valence-corrected chi connectivity index (χ0v) is 20.7. The number of hydrogen-bond acceptors (Lipinski definition) is 5. The summed E-state index contributed by atoms with van der Waals surface area (Å²) in [4.78, 5) is 22.0. The smallest absolute Gasteiger partial charge is 0.387 e. The van der Waals surface area contributed by atoms with Crippen LogP contribution in [0.4, 0.5) is 8.78 Å². The Kier molecular flexibility index (Phi) is 5.60. The van der Waals surface area contributed by atoms with Crippen molar-refractivity contribution < 1.29 is 18.3 Å². The minimum absolute atomic E-state index is 0.0272. The number of Topliss-reactive ketones (excluding diaryl/α,β-unsaturated/α-hetero) is 1. The molecule has 6 rings (SSSR count). The summed E-state index contributed by atoms with van der Waals surface area (Å²) in [5.41, 5.74) is 11.6. The number of aryl methyl sites for hydroxylation is 1. The Labute approximate surface area is 213 Å². The van der Waals surface area contributed by atoms with Crippen LogP contribution in [0.5, 0.6) is 5.75 Å². The van der Waals surface area contributed by atoms with Crippen molar-refractivity contribution >= 4 is 16.8 Å². The maximum absolute atomic E-state index is 13.3. The monoisotopic (exact) mass is 502 g/mol. The second-order valence-corrected chi connectivity index (χ2v) is 10.4. The number of nitrogens with zero attached hydrogens (tertiary/aromatic N) is 3. The third kappa shape index (κ3) is 4.00. The number of fused-ring (bicyclic) bond motifs is 3. The number of alkyl halides is 2. The number of imidazole rings is 1. The summed E-state index contributed by atoms with van der Waals surface area (Å²) in [6.07, 6.45) is 5.04. The Morgan fingerprint density at radius 2 is 1.95 bits per heavy atom. The van der Waals surface area contributed by atoms with Crippen LogP contribution in [-0.4, -0.2) is 26.9 Å². The summed E-state index contributed by atoms with van der Waals surface area (Å²) in [7, 11) is 0. The number of ketones is 1. The SMILES string of the molecule is CC(=O)c1cccc(OC(F)F)c1C1CCc2nc3ccc(-c4ccc([C@]5(N)C[C@H](C)C5)nc4)cc3n21. The van der Waals surface area contributed by atoms with Crippen molar-refractivity contribution in [3.05, 3.63) is 77.4 Å². The summed E-state index contributed by atoms with van der Waals surface area (Å²) >= 11 is 0. The van der Waals surface area contributed by atoms with Gasteiger partial charge in [0.05, 0.1) is 28.3 Å². The molecule has 2 N–H and O–H groups in total. The van der Waals surface area contributed by atoms with Crippen molar-refractivity contribution in [2.24, 2.45) is 11.7 Å². The Morgan fingerprint density at radius 3 is 2.62 bits per heavy atom. The fourth-order valence-corrected chi connectivity index (χ4v) is 6.16. The van der Waals surface area contributed by atoms with Gasteiger partial charge in [-0.2, -0.15) is 8.78 Å². The van der Waals surface area contributed by atoms with E-state index in [1.54, 1.807) is 12.1 Å². The molecule has 0 saturated heterocycles. The lowest BCUT2D eigenvalue weighted by molar-refractivity contribution is -0.0507. The summed E-state index contributed by atoms with van der Waals surface area (Å²) < 4.78 is 33.4. The van der Waals surface area contributed by atoms with E-state index in [-0.39, 0.29) is 23.1 Å². The van der Waals surface area contributed by atoms with E-state index in [4.69, 9.17) is 15.5 Å². The largest absolute Gasteiger partial charge is 0.434 e. The number of pyridine rings is 1. The van der Waals surface area contributed by atoms with Gasteiger partial charge in [-0.3, -0.25) is 9.78 Å². The summed E-state index contributed by atoms with van der Waals surface area (Å²) in [6, 6.07) is 14.5. The van der Waals surface area contributed by atoms with E-state index < -0.39 is 6.61 Å². The van der Waals surface area contributed by atoms with Crippen LogP contribution >= 0.6 is 0 Å². The number of hydrogen-bond donors (Lipinski definition) is 1. The lowest BCUT2D eigenvalue weighted by Gasteiger charge is -2.42. The maximum atomic E-state index is 13.3. The summed E-state index contributed by atoms with van der Waals surface area (Å²) in [5.74, 6) is 1.30. The lowest BCUT2D eigenvalue weighted by atomic mass is 9.68. The number of nitrogens with two attached hydrogens (primary N) is 1. The van der Waals surface area contributed by atoms with E-state index in [1.165, 1.54) is 13.0 Å². The highest BCUT2D eigenvalue weighted by atomic mass is 19.3. The number of carbonyl (C=O) groups excluding carboxylic acids is 1. The molecule has 2 aromatic carbocycles. The molecule has 3 heterocycles. The van der Waals surface area contributed by atoms with Gasteiger partial charge in [-0.05, 0) is 61.9 Å². The van der Waals surface area contributed by atoms with Crippen molar-refractivity contribution in [1.82, 2.24) is 14.5 Å². The highest BCUT2D eigenvalue weighted by Crippen LogP contribution is 2.44. The highest BCUT2D eigenvalue weighted by molar-refractivity contribution is 5.96. The van der Waals surface area contributed by atoms with Crippen molar-refractivity contribution in [3.8, 4) is 16.9 Å². The van der Waals surface area contributed by atoms with E-state index in [1.807, 2.05) is 30.5 Å². The van der Waals surface area contributed by atoms with Crippen molar-refractivity contribution in [3.63, 3.8) is 0 Å². The molecular formula is C29H28F2N4O2. The molecule has 0 amide bonds. The topological polar surface area (TPSA) is 83.0 Å². The molecule has 1 fully saturated rings. The van der Waals surface area contributed by atoms with Gasteiger partial charge in [-0.25, -0.2) is 4.98 Å². The number of ether oxygens (including phenoxy) is 1. The van der Waals surface area contributed by atoms with Crippen LogP contribution in [0.25, 0.3) is 22.2 Å². The van der Waals surface area contributed by atoms with Gasteiger partial charge in [0.2, 0.25) is 0 Å². The third-order valence-corrected chi connectivity index (χ3v) is 7.74. The molecular weight excluding hydrogens is 474 g/mol. The molecule has 4 aromatic rings. The molecule has 6 nitrogen and oxygen atoms in total. The fourth-order valence-electron chi connectivity index (χ4n) is 6.16. The van der Waals surface area contributed by atoms with Gasteiger partial charge in [0.1, 0.15) is 11.6 Å². The molecule has 190 valence electrons.